The van der Waals surface area contributed by atoms with Gasteiger partial charge >= 0.3 is 19.8 Å². The SMILES string of the molecule is CC/C=C\C/C=C\C/C=C\C/C=C\CCCCCCCCCCCCCCCCCCC(=O)OC(COC(=O)CCCCCCCCCCCCCCCCCCCCC)COP(=O)(O)OCCN. The number of carbonyl (C=O) groups is 2. The number of phosphoric ester groups is 1. The molecule has 2 atom stereocenters. The van der Waals surface area contributed by atoms with Crippen molar-refractivity contribution in [2.75, 3.05) is 26.4 Å². The Morgan fingerprint density at radius 1 is 0.449 bits per heavy atom. The van der Waals surface area contributed by atoms with Crippen molar-refractivity contribution in [1.29, 1.82) is 0 Å². The number of nitrogens with two attached hydrogens (primary N) is 1. The van der Waals surface area contributed by atoms with Crippen LogP contribution in [0.2, 0.25) is 0 Å². The van der Waals surface area contributed by atoms with E-state index in [1.165, 1.54) is 186 Å². The summed E-state index contributed by atoms with van der Waals surface area (Å²) in [6.45, 7) is 3.68. The van der Waals surface area contributed by atoms with Gasteiger partial charge < -0.3 is 20.1 Å². The first-order chi connectivity index (χ1) is 33.8. The maximum absolute atomic E-state index is 12.7. The smallest absolute Gasteiger partial charge is 0.462 e. The van der Waals surface area contributed by atoms with Gasteiger partial charge in [-0.1, -0.05) is 268 Å². The maximum atomic E-state index is 12.7. The molecule has 0 radical (unpaired) electrons. The van der Waals surface area contributed by atoms with Crippen LogP contribution in [0, 0.1) is 0 Å². The second-order valence-electron chi connectivity index (χ2n) is 19.5. The monoisotopic (exact) mass is 992 g/mol. The van der Waals surface area contributed by atoms with Crippen LogP contribution in [0.3, 0.4) is 0 Å². The van der Waals surface area contributed by atoms with Crippen LogP contribution in [0.25, 0.3) is 0 Å². The summed E-state index contributed by atoms with van der Waals surface area (Å²) in [6.07, 6.45) is 67.4. The van der Waals surface area contributed by atoms with E-state index in [9.17, 15) is 19.0 Å². The van der Waals surface area contributed by atoms with E-state index in [-0.39, 0.29) is 38.6 Å². The predicted molar refractivity (Wildman–Crippen MR) is 293 cm³/mol. The van der Waals surface area contributed by atoms with Gasteiger partial charge in [-0.05, 0) is 51.4 Å². The zero-order valence-electron chi connectivity index (χ0n) is 45.1. The van der Waals surface area contributed by atoms with E-state index in [4.69, 9.17) is 24.3 Å². The molecular weight excluding hydrogens is 882 g/mol. The average molecular weight is 993 g/mol. The van der Waals surface area contributed by atoms with Crippen molar-refractivity contribution in [2.24, 2.45) is 5.73 Å². The maximum Gasteiger partial charge on any atom is 0.472 e. The molecule has 0 aromatic rings. The van der Waals surface area contributed by atoms with Gasteiger partial charge in [0.25, 0.3) is 0 Å². The van der Waals surface area contributed by atoms with Gasteiger partial charge in [-0.15, -0.1) is 0 Å². The highest BCUT2D eigenvalue weighted by molar-refractivity contribution is 7.47. The summed E-state index contributed by atoms with van der Waals surface area (Å²) in [5.41, 5.74) is 5.38. The van der Waals surface area contributed by atoms with Crippen molar-refractivity contribution in [1.82, 2.24) is 0 Å². The fraction of sp³-hybridized carbons (Fsp3) is 0.831. The highest BCUT2D eigenvalue weighted by atomic mass is 31.2. The molecule has 0 bridgehead atoms. The van der Waals surface area contributed by atoms with Crippen LogP contribution in [0.4, 0.5) is 0 Å². The standard InChI is InChI=1S/C59H110NO8P/c1-3-5-7-9-11-13-15-17-19-21-23-24-25-26-27-28-29-30-31-32-34-36-38-40-42-44-46-48-50-52-59(62)68-57(56-67-69(63,64)66-54-53-60)55-65-58(61)51-49-47-45-43-41-39-37-35-33-22-20-18-16-14-12-10-8-6-4-2/h5,7,11,13,17,19,23-24,57H,3-4,6,8-10,12,14-16,18,20-22,25-56,60H2,1-2H3,(H,63,64)/b7-5-,13-11-,19-17-,24-23-. The largest absolute Gasteiger partial charge is 0.472 e. The molecule has 0 aromatic carbocycles. The van der Waals surface area contributed by atoms with Crippen LogP contribution >= 0.6 is 7.82 Å². The molecule has 0 aromatic heterocycles. The minimum Gasteiger partial charge on any atom is -0.462 e. The number of carbonyl (C=O) groups excluding carboxylic acids is 2. The molecule has 0 amide bonds. The van der Waals surface area contributed by atoms with Gasteiger partial charge in [0, 0.05) is 19.4 Å². The van der Waals surface area contributed by atoms with Crippen LogP contribution in [-0.2, 0) is 32.7 Å². The van der Waals surface area contributed by atoms with Gasteiger partial charge in [0.05, 0.1) is 13.2 Å². The molecule has 0 aliphatic rings. The lowest BCUT2D eigenvalue weighted by Crippen LogP contribution is -2.29. The molecule has 2 unspecified atom stereocenters. The lowest BCUT2D eigenvalue weighted by Gasteiger charge is -2.19. The molecule has 0 saturated heterocycles. The van der Waals surface area contributed by atoms with Gasteiger partial charge in [0.2, 0.25) is 0 Å². The zero-order valence-corrected chi connectivity index (χ0v) is 45.9. The van der Waals surface area contributed by atoms with Crippen molar-refractivity contribution in [3.63, 3.8) is 0 Å². The molecule has 0 rings (SSSR count). The van der Waals surface area contributed by atoms with Crippen LogP contribution in [0.1, 0.15) is 284 Å². The van der Waals surface area contributed by atoms with E-state index in [1.54, 1.807) is 0 Å². The Morgan fingerprint density at radius 2 is 0.797 bits per heavy atom. The summed E-state index contributed by atoms with van der Waals surface area (Å²) in [7, 11) is -4.38. The number of allylic oxidation sites excluding steroid dienone is 8. The van der Waals surface area contributed by atoms with E-state index in [2.05, 4.69) is 62.5 Å². The summed E-state index contributed by atoms with van der Waals surface area (Å²) in [5, 5.41) is 0. The van der Waals surface area contributed by atoms with Gasteiger partial charge in [0.1, 0.15) is 6.61 Å². The molecule has 9 nitrogen and oxygen atoms in total. The van der Waals surface area contributed by atoms with Crippen molar-refractivity contribution < 1.29 is 37.6 Å². The van der Waals surface area contributed by atoms with Gasteiger partial charge in [-0.2, -0.15) is 0 Å². The summed E-state index contributed by atoms with van der Waals surface area (Å²) in [5.74, 6) is -0.813. The first-order valence-corrected chi connectivity index (χ1v) is 30.6. The van der Waals surface area contributed by atoms with Crippen molar-refractivity contribution in [3.8, 4) is 0 Å². The fourth-order valence-corrected chi connectivity index (χ4v) is 9.22. The molecule has 0 fully saturated rings. The number of esters is 2. The molecule has 0 aliphatic carbocycles. The Bertz CT molecular complexity index is 1270. The van der Waals surface area contributed by atoms with Crippen LogP contribution < -0.4 is 5.73 Å². The molecule has 0 heterocycles. The zero-order chi connectivity index (χ0) is 50.2. The molecule has 69 heavy (non-hydrogen) atoms. The number of hydrogen-bond acceptors (Lipinski definition) is 8. The van der Waals surface area contributed by atoms with E-state index < -0.39 is 26.5 Å². The Hall–Kier alpha value is -2.03. The van der Waals surface area contributed by atoms with Gasteiger partial charge in [-0.25, -0.2) is 4.57 Å². The number of rotatable bonds is 55. The second-order valence-corrected chi connectivity index (χ2v) is 20.9. The molecule has 10 heteroatoms. The normalized spacial score (nSPS) is 13.4. The van der Waals surface area contributed by atoms with Gasteiger partial charge in [-0.3, -0.25) is 18.6 Å². The lowest BCUT2D eigenvalue weighted by atomic mass is 10.0. The quantitative estimate of drug-likeness (QED) is 0.0264. The summed E-state index contributed by atoms with van der Waals surface area (Å²) in [4.78, 5) is 35.2. The second kappa shape index (κ2) is 55.3. The molecule has 0 saturated carbocycles. The molecule has 0 aliphatic heterocycles. The number of hydrogen-bond donors (Lipinski definition) is 2. The molecular formula is C59H110NO8P. The van der Waals surface area contributed by atoms with E-state index in [0.717, 1.165) is 64.2 Å². The molecule has 404 valence electrons. The molecule has 3 N–H and O–H groups in total. The summed E-state index contributed by atoms with van der Waals surface area (Å²) < 4.78 is 33.0. The Labute approximate surface area is 426 Å². The molecule has 0 spiro atoms. The van der Waals surface area contributed by atoms with Crippen molar-refractivity contribution >= 4 is 19.8 Å². The highest BCUT2D eigenvalue weighted by Gasteiger charge is 2.26. The van der Waals surface area contributed by atoms with E-state index in [0.29, 0.717) is 6.42 Å². The van der Waals surface area contributed by atoms with Gasteiger partial charge in [0.15, 0.2) is 6.10 Å². The number of phosphoric acid groups is 1. The van der Waals surface area contributed by atoms with Crippen LogP contribution in [0.15, 0.2) is 48.6 Å². The average Bonchev–Trinajstić information content (AvgIpc) is 3.34. The predicted octanol–water partition coefficient (Wildman–Crippen LogP) is 18.2. The van der Waals surface area contributed by atoms with Crippen LogP contribution in [0.5, 0.6) is 0 Å². The Morgan fingerprint density at radius 3 is 1.19 bits per heavy atom. The number of unbranched alkanes of at least 4 members (excludes halogenated alkanes) is 34. The van der Waals surface area contributed by atoms with Crippen LogP contribution in [-0.4, -0.2) is 49.3 Å². The van der Waals surface area contributed by atoms with Crippen molar-refractivity contribution in [2.45, 2.75) is 290 Å². The third-order valence-electron chi connectivity index (χ3n) is 12.7. The van der Waals surface area contributed by atoms with E-state index >= 15 is 0 Å². The number of ether oxygens (including phenoxy) is 2. The Balaban J connectivity index is 3.92. The van der Waals surface area contributed by atoms with Crippen molar-refractivity contribution in [3.05, 3.63) is 48.6 Å². The third-order valence-corrected chi connectivity index (χ3v) is 13.7. The summed E-state index contributed by atoms with van der Waals surface area (Å²) >= 11 is 0. The Kier molecular flexibility index (Phi) is 53.7. The van der Waals surface area contributed by atoms with E-state index in [1.807, 2.05) is 0 Å². The highest BCUT2D eigenvalue weighted by Crippen LogP contribution is 2.43. The minimum atomic E-state index is -4.38. The lowest BCUT2D eigenvalue weighted by molar-refractivity contribution is -0.161. The third kappa shape index (κ3) is 55.1. The first kappa shape index (κ1) is 67.0. The fourth-order valence-electron chi connectivity index (χ4n) is 8.45. The summed E-state index contributed by atoms with van der Waals surface area (Å²) in [6, 6.07) is 0. The topological polar surface area (TPSA) is 134 Å². The first-order valence-electron chi connectivity index (χ1n) is 29.1. The minimum absolute atomic E-state index is 0.0548.